The van der Waals surface area contributed by atoms with Gasteiger partial charge in [-0.2, -0.15) is 0 Å². The molecule has 3 aromatic rings. The van der Waals surface area contributed by atoms with Crippen molar-refractivity contribution in [3.8, 4) is 17.2 Å². The number of methoxy groups -OCH3 is 1. The van der Waals surface area contributed by atoms with E-state index >= 15 is 0 Å². The van der Waals surface area contributed by atoms with Gasteiger partial charge in [-0.05, 0) is 68.6 Å². The Kier molecular flexibility index (Phi) is 7.37. The smallest absolute Gasteiger partial charge is 0.195 e. The average molecular weight is 481 g/mol. The lowest BCUT2D eigenvalue weighted by Crippen LogP contribution is -2.33. The highest BCUT2D eigenvalue weighted by molar-refractivity contribution is 7.99. The highest BCUT2D eigenvalue weighted by Crippen LogP contribution is 2.34. The second-order valence-corrected chi connectivity index (χ2v) is 10.0. The molecule has 0 radical (unpaired) electrons. The van der Waals surface area contributed by atoms with Crippen molar-refractivity contribution in [3.05, 3.63) is 59.9 Å². The van der Waals surface area contributed by atoms with Crippen molar-refractivity contribution in [3.63, 3.8) is 0 Å². The molecule has 5 rings (SSSR count). The van der Waals surface area contributed by atoms with E-state index in [1.54, 1.807) is 24.9 Å². The molecule has 1 atom stereocenters. The van der Waals surface area contributed by atoms with Gasteiger partial charge < -0.3 is 14.6 Å². The molecule has 0 unspecified atom stereocenters. The molecule has 0 bridgehead atoms. The number of aromatic hydroxyl groups is 1. The third kappa shape index (κ3) is 5.40. The summed E-state index contributed by atoms with van der Waals surface area (Å²) in [7, 11) is 1.70. The molecule has 1 N–H and O–H groups in total. The number of benzene rings is 2. The molecule has 0 spiro atoms. The molecule has 7 nitrogen and oxygen atoms in total. The Morgan fingerprint density at radius 2 is 1.94 bits per heavy atom. The molecule has 2 aliphatic heterocycles. The monoisotopic (exact) mass is 480 g/mol. The molecule has 2 aliphatic rings. The van der Waals surface area contributed by atoms with Crippen LogP contribution in [0, 0.1) is 0 Å². The highest BCUT2D eigenvalue weighted by Gasteiger charge is 2.28. The second-order valence-electron chi connectivity index (χ2n) is 9.04. The molecule has 8 heteroatoms. The maximum absolute atomic E-state index is 9.77. The first-order valence-corrected chi connectivity index (χ1v) is 13.0. The quantitative estimate of drug-likeness (QED) is 0.471. The van der Waals surface area contributed by atoms with Crippen LogP contribution in [0.3, 0.4) is 0 Å². The largest absolute Gasteiger partial charge is 0.508 e. The lowest BCUT2D eigenvalue weighted by atomic mass is 9.95. The predicted molar refractivity (Wildman–Crippen MR) is 133 cm³/mol. The zero-order valence-corrected chi connectivity index (χ0v) is 20.4. The van der Waals surface area contributed by atoms with Crippen LogP contribution >= 0.6 is 11.8 Å². The second kappa shape index (κ2) is 10.8. The summed E-state index contributed by atoms with van der Waals surface area (Å²) in [6.45, 7) is 3.69. The maximum Gasteiger partial charge on any atom is 0.195 e. The molecule has 0 saturated carbocycles. The zero-order chi connectivity index (χ0) is 23.3. The van der Waals surface area contributed by atoms with Crippen LogP contribution in [0.4, 0.5) is 0 Å². The van der Waals surface area contributed by atoms with Gasteiger partial charge in [-0.25, -0.2) is 0 Å². The van der Waals surface area contributed by atoms with E-state index in [4.69, 9.17) is 14.6 Å². The molecule has 0 aliphatic carbocycles. The normalized spacial score (nSPS) is 19.5. The van der Waals surface area contributed by atoms with Crippen LogP contribution in [-0.4, -0.2) is 63.4 Å². The number of nitrogens with zero attached hydrogens (tertiary/aromatic N) is 4. The lowest BCUT2D eigenvalue weighted by molar-refractivity contribution is 0.129. The van der Waals surface area contributed by atoms with Gasteiger partial charge in [0.05, 0.1) is 18.9 Å². The fourth-order valence-electron chi connectivity index (χ4n) is 4.84. The van der Waals surface area contributed by atoms with Gasteiger partial charge in [0, 0.05) is 30.9 Å². The van der Waals surface area contributed by atoms with Gasteiger partial charge in [-0.15, -0.1) is 10.2 Å². The molecule has 2 fully saturated rings. The number of phenols is 1. The Labute approximate surface area is 205 Å². The van der Waals surface area contributed by atoms with Gasteiger partial charge in [0.2, 0.25) is 0 Å². The minimum atomic E-state index is 0.296. The number of hydrogen-bond donors (Lipinski definition) is 1. The SMILES string of the molecule is COc1cccc(-n2c(SC[C@@H]3CCCO3)nnc2C2CCN(Cc3cccc(O)c3)CC2)c1. The fourth-order valence-corrected chi connectivity index (χ4v) is 5.86. The van der Waals surface area contributed by atoms with Crippen molar-refractivity contribution >= 4 is 11.8 Å². The predicted octanol–water partition coefficient (Wildman–Crippen LogP) is 4.63. The molecule has 2 aromatic carbocycles. The minimum Gasteiger partial charge on any atom is -0.508 e. The van der Waals surface area contributed by atoms with Crippen molar-refractivity contribution < 1.29 is 14.6 Å². The van der Waals surface area contributed by atoms with Gasteiger partial charge in [-0.1, -0.05) is 30.0 Å². The van der Waals surface area contributed by atoms with Crippen LogP contribution in [0.15, 0.2) is 53.7 Å². The van der Waals surface area contributed by atoms with E-state index in [1.807, 2.05) is 24.3 Å². The molecule has 0 amide bonds. The van der Waals surface area contributed by atoms with Gasteiger partial charge in [0.1, 0.15) is 17.3 Å². The van der Waals surface area contributed by atoms with Crippen molar-refractivity contribution in [1.82, 2.24) is 19.7 Å². The number of piperidine rings is 1. The summed E-state index contributed by atoms with van der Waals surface area (Å²) in [5.41, 5.74) is 2.18. The Bertz CT molecular complexity index is 1090. The first kappa shape index (κ1) is 23.2. The summed E-state index contributed by atoms with van der Waals surface area (Å²) < 4.78 is 13.5. The van der Waals surface area contributed by atoms with Gasteiger partial charge in [0.15, 0.2) is 5.16 Å². The van der Waals surface area contributed by atoms with Crippen LogP contribution in [0.5, 0.6) is 11.5 Å². The Hall–Kier alpha value is -2.55. The van der Waals surface area contributed by atoms with Gasteiger partial charge in [0.25, 0.3) is 0 Å². The summed E-state index contributed by atoms with van der Waals surface area (Å²) >= 11 is 1.73. The van der Waals surface area contributed by atoms with E-state index in [2.05, 4.69) is 32.8 Å². The van der Waals surface area contributed by atoms with Crippen molar-refractivity contribution in [2.24, 2.45) is 0 Å². The van der Waals surface area contributed by atoms with Gasteiger partial charge in [-0.3, -0.25) is 9.47 Å². The summed E-state index contributed by atoms with van der Waals surface area (Å²) in [5.74, 6) is 3.42. The molecule has 34 heavy (non-hydrogen) atoms. The Morgan fingerprint density at radius 1 is 1.09 bits per heavy atom. The topological polar surface area (TPSA) is 72.6 Å². The van der Waals surface area contributed by atoms with E-state index < -0.39 is 0 Å². The molecular weight excluding hydrogens is 448 g/mol. The molecule has 2 saturated heterocycles. The van der Waals surface area contributed by atoms with E-state index in [0.717, 1.165) is 85.7 Å². The first-order valence-electron chi connectivity index (χ1n) is 12.0. The van der Waals surface area contributed by atoms with E-state index in [-0.39, 0.29) is 0 Å². The molecule has 180 valence electrons. The third-order valence-corrected chi connectivity index (χ3v) is 7.72. The third-order valence-electron chi connectivity index (χ3n) is 6.66. The van der Waals surface area contributed by atoms with Crippen LogP contribution in [0.1, 0.15) is 43.0 Å². The number of thioether (sulfide) groups is 1. The van der Waals surface area contributed by atoms with Crippen LogP contribution in [-0.2, 0) is 11.3 Å². The van der Waals surface area contributed by atoms with Crippen molar-refractivity contribution in [1.29, 1.82) is 0 Å². The number of likely N-dealkylation sites (tertiary alicyclic amines) is 1. The van der Waals surface area contributed by atoms with E-state index in [1.165, 1.54) is 0 Å². The van der Waals surface area contributed by atoms with Crippen molar-refractivity contribution in [2.75, 3.05) is 32.6 Å². The lowest BCUT2D eigenvalue weighted by Gasteiger charge is -2.31. The number of hydrogen-bond acceptors (Lipinski definition) is 7. The van der Waals surface area contributed by atoms with Crippen LogP contribution in [0.2, 0.25) is 0 Å². The standard InChI is InChI=1S/C26H32N4O3S/c1-32-23-8-3-6-21(16-23)30-25(27-28-26(30)34-18-24-9-4-14-33-24)20-10-12-29(13-11-20)17-19-5-2-7-22(31)15-19/h2-3,5-8,15-16,20,24,31H,4,9-14,17-18H2,1H3/t24-/m0/s1. The molecule has 1 aromatic heterocycles. The van der Waals surface area contributed by atoms with Crippen molar-refractivity contribution in [2.45, 2.75) is 49.4 Å². The Morgan fingerprint density at radius 3 is 2.71 bits per heavy atom. The maximum atomic E-state index is 9.77. The number of rotatable bonds is 8. The minimum absolute atomic E-state index is 0.296. The average Bonchev–Trinajstić information content (AvgIpc) is 3.53. The number of aromatic nitrogens is 3. The summed E-state index contributed by atoms with van der Waals surface area (Å²) in [6, 6.07) is 15.7. The number of ether oxygens (including phenoxy) is 2. The van der Waals surface area contributed by atoms with E-state index in [9.17, 15) is 5.11 Å². The summed E-state index contributed by atoms with van der Waals surface area (Å²) in [5, 5.41) is 20.0. The van der Waals surface area contributed by atoms with Crippen LogP contribution < -0.4 is 4.74 Å². The highest BCUT2D eigenvalue weighted by atomic mass is 32.2. The van der Waals surface area contributed by atoms with Gasteiger partial charge >= 0.3 is 0 Å². The van der Waals surface area contributed by atoms with Crippen LogP contribution in [0.25, 0.3) is 5.69 Å². The number of phenolic OH excluding ortho intramolecular Hbond substituents is 1. The Balaban J connectivity index is 1.33. The summed E-state index contributed by atoms with van der Waals surface area (Å²) in [6.07, 6.45) is 4.60. The van der Waals surface area contributed by atoms with E-state index in [0.29, 0.717) is 17.8 Å². The summed E-state index contributed by atoms with van der Waals surface area (Å²) in [4.78, 5) is 2.45. The molecule has 3 heterocycles. The fraction of sp³-hybridized carbons (Fsp3) is 0.462. The first-order chi connectivity index (χ1) is 16.7. The molecular formula is C26H32N4O3S. The zero-order valence-electron chi connectivity index (χ0n) is 19.6.